The van der Waals surface area contributed by atoms with E-state index in [9.17, 15) is 0 Å². The minimum atomic E-state index is 0.470. The molecule has 2 aliphatic rings. The number of nitrogens with zero attached hydrogens (tertiary/aromatic N) is 3. The topological polar surface area (TPSA) is 78.0 Å². The van der Waals surface area contributed by atoms with Crippen molar-refractivity contribution in [2.45, 2.75) is 51.0 Å². The lowest BCUT2D eigenvalue weighted by atomic mass is 9.77. The Kier molecular flexibility index (Phi) is 7.18. The zero-order chi connectivity index (χ0) is 24.0. The quantitative estimate of drug-likeness (QED) is 0.407. The second kappa shape index (κ2) is 10.8. The van der Waals surface area contributed by atoms with Gasteiger partial charge in [-0.2, -0.15) is 5.26 Å². The van der Waals surface area contributed by atoms with Crippen molar-refractivity contribution in [1.29, 1.82) is 5.26 Å². The lowest BCUT2D eigenvalue weighted by Crippen LogP contribution is -2.39. The Hall–Kier alpha value is -3.52. The first kappa shape index (κ1) is 23.2. The normalized spacial score (nSPS) is 22.4. The number of rotatable bonds is 6. The van der Waals surface area contributed by atoms with Crippen molar-refractivity contribution in [3.8, 4) is 17.2 Å². The second-order valence-electron chi connectivity index (χ2n) is 10.2. The molecule has 5 heteroatoms. The van der Waals surface area contributed by atoms with Crippen LogP contribution in [0.1, 0.15) is 50.5 Å². The summed E-state index contributed by atoms with van der Waals surface area (Å²) in [4.78, 5) is 7.17. The van der Waals surface area contributed by atoms with Gasteiger partial charge in [-0.1, -0.05) is 25.0 Å². The molecule has 0 amide bonds. The standard InChI is InChI=1S/C30H35N5/c31-20-22-10-12-28(13-11-22)35-16-4-5-23(21-35)17-26-6-1-2-9-29(26)34-30-19-25(14-15-33-30)24-7-3-8-27(32)18-24/h3,7-8,10-15,18-19,23,26,29H,1-2,4-6,9,16-17,21,32H2,(H,33,34)/t23-,26+,29-/m1/s1. The van der Waals surface area contributed by atoms with Crippen molar-refractivity contribution in [3.05, 3.63) is 72.4 Å². The van der Waals surface area contributed by atoms with E-state index in [-0.39, 0.29) is 0 Å². The highest BCUT2D eigenvalue weighted by molar-refractivity contribution is 5.69. The molecule has 1 aromatic heterocycles. The van der Waals surface area contributed by atoms with Crippen LogP contribution in [-0.2, 0) is 0 Å². The van der Waals surface area contributed by atoms with Gasteiger partial charge in [0.15, 0.2) is 0 Å². The number of nitrogens with two attached hydrogens (primary N) is 1. The van der Waals surface area contributed by atoms with Gasteiger partial charge in [0.05, 0.1) is 11.6 Å². The third kappa shape index (κ3) is 5.77. The maximum Gasteiger partial charge on any atom is 0.126 e. The zero-order valence-corrected chi connectivity index (χ0v) is 20.4. The largest absolute Gasteiger partial charge is 0.399 e. The molecule has 3 N–H and O–H groups in total. The summed E-state index contributed by atoms with van der Waals surface area (Å²) in [7, 11) is 0. The van der Waals surface area contributed by atoms with Crippen LogP contribution in [0.25, 0.3) is 11.1 Å². The smallest absolute Gasteiger partial charge is 0.126 e. The number of pyridine rings is 1. The average molecular weight is 466 g/mol. The van der Waals surface area contributed by atoms with E-state index in [1.165, 1.54) is 50.6 Å². The first-order valence-corrected chi connectivity index (χ1v) is 13.0. The predicted molar refractivity (Wildman–Crippen MR) is 144 cm³/mol. The van der Waals surface area contributed by atoms with E-state index < -0.39 is 0 Å². The lowest BCUT2D eigenvalue weighted by molar-refractivity contribution is 0.247. The minimum absolute atomic E-state index is 0.470. The second-order valence-corrected chi connectivity index (χ2v) is 10.2. The van der Waals surface area contributed by atoms with Crippen LogP contribution in [0.4, 0.5) is 17.2 Å². The first-order chi connectivity index (χ1) is 17.2. The van der Waals surface area contributed by atoms with E-state index in [0.717, 1.165) is 41.3 Å². The van der Waals surface area contributed by atoms with Crippen LogP contribution in [0.3, 0.4) is 0 Å². The van der Waals surface area contributed by atoms with Gasteiger partial charge < -0.3 is 16.0 Å². The van der Waals surface area contributed by atoms with Crippen LogP contribution in [0.5, 0.6) is 0 Å². The van der Waals surface area contributed by atoms with Gasteiger partial charge in [-0.25, -0.2) is 4.98 Å². The Morgan fingerprint density at radius 2 is 1.80 bits per heavy atom. The lowest BCUT2D eigenvalue weighted by Gasteiger charge is -2.39. The van der Waals surface area contributed by atoms with Crippen LogP contribution in [0.2, 0.25) is 0 Å². The number of nitrogen functional groups attached to an aromatic ring is 1. The summed E-state index contributed by atoms with van der Waals surface area (Å²) in [5.74, 6) is 2.34. The SMILES string of the molecule is N#Cc1ccc(N2CCC[C@H](C[C@@H]3CCCC[C@H]3Nc3cc(-c4cccc(N)c4)ccn3)C2)cc1. The fourth-order valence-electron chi connectivity index (χ4n) is 5.94. The summed E-state index contributed by atoms with van der Waals surface area (Å²) in [6.45, 7) is 2.22. The Bertz CT molecular complexity index is 1170. The van der Waals surface area contributed by atoms with Crippen molar-refractivity contribution in [3.63, 3.8) is 0 Å². The number of nitriles is 1. The molecule has 0 unspecified atom stereocenters. The van der Waals surface area contributed by atoms with E-state index in [2.05, 4.69) is 51.6 Å². The molecule has 2 heterocycles. The maximum absolute atomic E-state index is 9.10. The van der Waals surface area contributed by atoms with Gasteiger partial charge >= 0.3 is 0 Å². The van der Waals surface area contributed by atoms with Crippen LogP contribution in [0, 0.1) is 23.2 Å². The summed E-state index contributed by atoms with van der Waals surface area (Å²) < 4.78 is 0. The highest BCUT2D eigenvalue weighted by Crippen LogP contribution is 2.35. The van der Waals surface area contributed by atoms with Crippen molar-refractivity contribution in [2.24, 2.45) is 11.8 Å². The average Bonchev–Trinajstić information content (AvgIpc) is 2.90. The molecule has 0 bridgehead atoms. The monoisotopic (exact) mass is 465 g/mol. The summed E-state index contributed by atoms with van der Waals surface area (Å²) in [5, 5.41) is 12.9. The molecule has 5 nitrogen and oxygen atoms in total. The van der Waals surface area contributed by atoms with Crippen LogP contribution in [-0.4, -0.2) is 24.1 Å². The van der Waals surface area contributed by atoms with E-state index in [0.29, 0.717) is 17.9 Å². The van der Waals surface area contributed by atoms with Crippen molar-refractivity contribution in [1.82, 2.24) is 4.98 Å². The fraction of sp³-hybridized carbons (Fsp3) is 0.400. The van der Waals surface area contributed by atoms with Gasteiger partial charge in [0.1, 0.15) is 5.82 Å². The van der Waals surface area contributed by atoms with Crippen LogP contribution in [0.15, 0.2) is 66.9 Å². The van der Waals surface area contributed by atoms with Gasteiger partial charge in [-0.05, 0) is 104 Å². The molecule has 3 aromatic rings. The first-order valence-electron chi connectivity index (χ1n) is 13.0. The van der Waals surface area contributed by atoms with Crippen LogP contribution >= 0.6 is 0 Å². The summed E-state index contributed by atoms with van der Waals surface area (Å²) >= 11 is 0. The molecule has 1 saturated carbocycles. The van der Waals surface area contributed by atoms with Crippen molar-refractivity contribution in [2.75, 3.05) is 29.0 Å². The summed E-state index contributed by atoms with van der Waals surface area (Å²) in [6, 6.07) is 23.0. The Balaban J connectivity index is 1.24. The molecule has 0 radical (unpaired) electrons. The molecule has 3 atom stereocenters. The number of aromatic nitrogens is 1. The Morgan fingerprint density at radius 1 is 0.971 bits per heavy atom. The minimum Gasteiger partial charge on any atom is -0.399 e. The fourth-order valence-corrected chi connectivity index (χ4v) is 5.94. The molecule has 1 saturated heterocycles. The van der Waals surface area contributed by atoms with E-state index in [1.807, 2.05) is 36.5 Å². The predicted octanol–water partition coefficient (Wildman–Crippen LogP) is 6.48. The molecule has 2 aromatic carbocycles. The molecule has 2 fully saturated rings. The highest BCUT2D eigenvalue weighted by Gasteiger charge is 2.30. The molecule has 180 valence electrons. The molecular formula is C30H35N5. The van der Waals surface area contributed by atoms with Gasteiger partial charge in [0.25, 0.3) is 0 Å². The third-order valence-electron chi connectivity index (χ3n) is 7.74. The van der Waals surface area contributed by atoms with Gasteiger partial charge in [0.2, 0.25) is 0 Å². The van der Waals surface area contributed by atoms with Crippen LogP contribution < -0.4 is 16.0 Å². The van der Waals surface area contributed by atoms with E-state index in [4.69, 9.17) is 11.0 Å². The number of hydrogen-bond donors (Lipinski definition) is 2. The zero-order valence-electron chi connectivity index (χ0n) is 20.4. The molecule has 5 rings (SSSR count). The number of piperidine rings is 1. The molecular weight excluding hydrogens is 430 g/mol. The third-order valence-corrected chi connectivity index (χ3v) is 7.74. The Morgan fingerprint density at radius 3 is 2.63 bits per heavy atom. The van der Waals surface area contributed by atoms with Gasteiger partial charge in [-0.3, -0.25) is 0 Å². The number of nitrogens with one attached hydrogen (secondary N) is 1. The van der Waals surface area contributed by atoms with E-state index in [1.54, 1.807) is 0 Å². The van der Waals surface area contributed by atoms with Crippen molar-refractivity contribution >= 4 is 17.2 Å². The van der Waals surface area contributed by atoms with Crippen molar-refractivity contribution < 1.29 is 0 Å². The number of benzene rings is 2. The van der Waals surface area contributed by atoms with Gasteiger partial charge in [0, 0.05) is 36.7 Å². The molecule has 35 heavy (non-hydrogen) atoms. The van der Waals surface area contributed by atoms with E-state index >= 15 is 0 Å². The molecule has 1 aliphatic carbocycles. The number of hydrogen-bond acceptors (Lipinski definition) is 5. The summed E-state index contributed by atoms with van der Waals surface area (Å²) in [5.41, 5.74) is 11.0. The Labute approximate surface area is 209 Å². The molecule has 1 aliphatic heterocycles. The number of anilines is 3. The summed E-state index contributed by atoms with van der Waals surface area (Å²) in [6.07, 6.45) is 10.8. The van der Waals surface area contributed by atoms with Gasteiger partial charge in [-0.15, -0.1) is 0 Å². The molecule has 0 spiro atoms. The maximum atomic E-state index is 9.10. The highest BCUT2D eigenvalue weighted by atomic mass is 15.1.